The van der Waals surface area contributed by atoms with Crippen LogP contribution in [0.4, 0.5) is 0 Å². The van der Waals surface area contributed by atoms with E-state index in [1.54, 1.807) is 6.07 Å². The summed E-state index contributed by atoms with van der Waals surface area (Å²) in [5.74, 6) is 1.70. The summed E-state index contributed by atoms with van der Waals surface area (Å²) in [5.41, 5.74) is 0. The number of carbonyl (C=O) groups is 1. The van der Waals surface area contributed by atoms with Gasteiger partial charge in [-0.2, -0.15) is 0 Å². The second-order valence-corrected chi connectivity index (χ2v) is 6.33. The zero-order chi connectivity index (χ0) is 15.5. The standard InChI is InChI=1S/C16H24N2O4/c19-11-15-5-4-14(22-15)10-17-6-7-18(9-13(20)8-17)16(21)12-2-1-3-12/h4-5,12-13,19-20H,1-3,6-11H2/t13-/m0/s1. The van der Waals surface area contributed by atoms with Gasteiger partial charge in [-0.3, -0.25) is 9.69 Å². The number of carbonyl (C=O) groups excluding carboxylic acids is 1. The normalized spacial score (nSPS) is 24.1. The average molecular weight is 308 g/mol. The number of hydrogen-bond acceptors (Lipinski definition) is 5. The number of furan rings is 1. The van der Waals surface area contributed by atoms with Gasteiger partial charge in [0.1, 0.15) is 18.1 Å². The molecule has 3 rings (SSSR count). The number of aliphatic hydroxyl groups excluding tert-OH is 2. The van der Waals surface area contributed by atoms with Crippen molar-refractivity contribution in [3.05, 3.63) is 23.7 Å². The van der Waals surface area contributed by atoms with Crippen LogP contribution >= 0.6 is 0 Å². The van der Waals surface area contributed by atoms with Crippen molar-refractivity contribution in [2.75, 3.05) is 26.2 Å². The van der Waals surface area contributed by atoms with Gasteiger partial charge >= 0.3 is 0 Å². The topological polar surface area (TPSA) is 77.2 Å². The van der Waals surface area contributed by atoms with Crippen LogP contribution in [-0.4, -0.2) is 58.2 Å². The molecule has 22 heavy (non-hydrogen) atoms. The monoisotopic (exact) mass is 308 g/mol. The van der Waals surface area contributed by atoms with Crippen LogP contribution in [0.15, 0.2) is 16.5 Å². The van der Waals surface area contributed by atoms with E-state index in [9.17, 15) is 9.90 Å². The summed E-state index contributed by atoms with van der Waals surface area (Å²) >= 11 is 0. The second kappa shape index (κ2) is 6.81. The summed E-state index contributed by atoms with van der Waals surface area (Å²) in [6.07, 6.45) is 2.60. The van der Waals surface area contributed by atoms with Crippen LogP contribution in [0.2, 0.25) is 0 Å². The fourth-order valence-corrected chi connectivity index (χ4v) is 3.12. The van der Waals surface area contributed by atoms with Crippen molar-refractivity contribution in [3.63, 3.8) is 0 Å². The Morgan fingerprint density at radius 2 is 2.00 bits per heavy atom. The van der Waals surface area contributed by atoms with Gasteiger partial charge in [-0.05, 0) is 25.0 Å². The zero-order valence-electron chi connectivity index (χ0n) is 12.8. The Morgan fingerprint density at radius 1 is 1.23 bits per heavy atom. The van der Waals surface area contributed by atoms with Gasteiger partial charge in [0.25, 0.3) is 0 Å². The molecular formula is C16H24N2O4. The number of aliphatic hydroxyl groups is 2. The Kier molecular flexibility index (Phi) is 4.81. The second-order valence-electron chi connectivity index (χ2n) is 6.33. The van der Waals surface area contributed by atoms with E-state index >= 15 is 0 Å². The number of hydrogen-bond donors (Lipinski definition) is 2. The molecule has 2 N–H and O–H groups in total. The fourth-order valence-electron chi connectivity index (χ4n) is 3.12. The van der Waals surface area contributed by atoms with E-state index in [0.29, 0.717) is 31.9 Å². The fraction of sp³-hybridized carbons (Fsp3) is 0.688. The molecule has 1 saturated carbocycles. The van der Waals surface area contributed by atoms with Gasteiger partial charge in [0, 0.05) is 32.1 Å². The molecule has 2 aliphatic rings. The third kappa shape index (κ3) is 3.51. The highest BCUT2D eigenvalue weighted by molar-refractivity contribution is 5.79. The van der Waals surface area contributed by atoms with Crippen LogP contribution in [0, 0.1) is 5.92 Å². The highest BCUT2D eigenvalue weighted by Crippen LogP contribution is 2.28. The molecule has 1 amide bonds. The van der Waals surface area contributed by atoms with E-state index in [1.165, 1.54) is 0 Å². The predicted octanol–water partition coefficient (Wildman–Crippen LogP) is 0.577. The maximum absolute atomic E-state index is 12.3. The van der Waals surface area contributed by atoms with Crippen LogP contribution in [0.25, 0.3) is 0 Å². The Morgan fingerprint density at radius 3 is 2.64 bits per heavy atom. The number of amides is 1. The van der Waals surface area contributed by atoms with E-state index in [-0.39, 0.29) is 18.4 Å². The number of nitrogens with zero attached hydrogens (tertiary/aromatic N) is 2. The molecule has 2 fully saturated rings. The smallest absolute Gasteiger partial charge is 0.225 e. The maximum Gasteiger partial charge on any atom is 0.225 e. The molecule has 2 heterocycles. The van der Waals surface area contributed by atoms with Gasteiger partial charge in [-0.15, -0.1) is 0 Å². The minimum atomic E-state index is -0.529. The van der Waals surface area contributed by atoms with Gasteiger partial charge in [0.05, 0.1) is 12.6 Å². The van der Waals surface area contributed by atoms with Gasteiger partial charge in [0.2, 0.25) is 5.91 Å². The predicted molar refractivity (Wildman–Crippen MR) is 79.8 cm³/mol. The lowest BCUT2D eigenvalue weighted by Gasteiger charge is -2.31. The molecule has 1 atom stereocenters. The van der Waals surface area contributed by atoms with Gasteiger partial charge in [-0.1, -0.05) is 6.42 Å². The minimum Gasteiger partial charge on any atom is -0.462 e. The van der Waals surface area contributed by atoms with Gasteiger partial charge in [0.15, 0.2) is 0 Å². The number of rotatable bonds is 4. The third-order valence-electron chi connectivity index (χ3n) is 4.60. The largest absolute Gasteiger partial charge is 0.462 e. The molecule has 1 aromatic rings. The molecule has 1 saturated heterocycles. The highest BCUT2D eigenvalue weighted by Gasteiger charge is 2.32. The summed E-state index contributed by atoms with van der Waals surface area (Å²) < 4.78 is 5.50. The van der Waals surface area contributed by atoms with Crippen LogP contribution in [-0.2, 0) is 17.9 Å². The summed E-state index contributed by atoms with van der Waals surface area (Å²) in [7, 11) is 0. The Bertz CT molecular complexity index is 512. The summed E-state index contributed by atoms with van der Waals surface area (Å²) in [5, 5.41) is 19.2. The van der Waals surface area contributed by atoms with E-state index in [4.69, 9.17) is 9.52 Å². The first kappa shape index (κ1) is 15.5. The molecule has 0 aromatic carbocycles. The van der Waals surface area contributed by atoms with Gasteiger partial charge < -0.3 is 19.5 Å². The minimum absolute atomic E-state index is 0.105. The molecule has 1 aliphatic carbocycles. The molecule has 0 unspecified atom stereocenters. The number of β-amino-alcohol motifs (C(OH)–C–C–N with tert-alkyl or cyclic N) is 1. The van der Waals surface area contributed by atoms with Gasteiger partial charge in [-0.25, -0.2) is 0 Å². The van der Waals surface area contributed by atoms with E-state index < -0.39 is 6.10 Å². The SMILES string of the molecule is O=C(C1CCC1)N1CCN(Cc2ccc(CO)o2)C[C@H](O)C1. The lowest BCUT2D eigenvalue weighted by Crippen LogP contribution is -2.43. The summed E-state index contributed by atoms with van der Waals surface area (Å²) in [4.78, 5) is 16.2. The quantitative estimate of drug-likeness (QED) is 0.851. The first-order valence-corrected chi connectivity index (χ1v) is 8.03. The lowest BCUT2D eigenvalue weighted by molar-refractivity contribution is -0.139. The third-order valence-corrected chi connectivity index (χ3v) is 4.60. The molecule has 1 aromatic heterocycles. The molecule has 1 aliphatic heterocycles. The Hall–Kier alpha value is -1.37. The average Bonchev–Trinajstić information content (AvgIpc) is 2.80. The van der Waals surface area contributed by atoms with E-state index in [0.717, 1.165) is 31.6 Å². The van der Waals surface area contributed by atoms with Crippen molar-refractivity contribution < 1.29 is 19.4 Å². The molecule has 6 heteroatoms. The van der Waals surface area contributed by atoms with Crippen LogP contribution in [0.3, 0.4) is 0 Å². The highest BCUT2D eigenvalue weighted by atomic mass is 16.4. The van der Waals surface area contributed by atoms with Crippen molar-refractivity contribution in [1.82, 2.24) is 9.80 Å². The van der Waals surface area contributed by atoms with Crippen molar-refractivity contribution in [1.29, 1.82) is 0 Å². The molecule has 0 spiro atoms. The zero-order valence-corrected chi connectivity index (χ0v) is 12.8. The molecule has 6 nitrogen and oxygen atoms in total. The first-order chi connectivity index (χ1) is 10.7. The van der Waals surface area contributed by atoms with E-state index in [2.05, 4.69) is 4.90 Å². The first-order valence-electron chi connectivity index (χ1n) is 8.03. The van der Waals surface area contributed by atoms with Crippen molar-refractivity contribution in [2.45, 2.75) is 38.5 Å². The molecule has 0 radical (unpaired) electrons. The van der Waals surface area contributed by atoms with E-state index in [1.807, 2.05) is 11.0 Å². The molecular weight excluding hydrogens is 284 g/mol. The molecule has 0 bridgehead atoms. The van der Waals surface area contributed by atoms with Crippen molar-refractivity contribution >= 4 is 5.91 Å². The summed E-state index contributed by atoms with van der Waals surface area (Å²) in [6.45, 7) is 2.81. The lowest BCUT2D eigenvalue weighted by atomic mass is 9.84. The van der Waals surface area contributed by atoms with Crippen LogP contribution < -0.4 is 0 Å². The van der Waals surface area contributed by atoms with Crippen LogP contribution in [0.1, 0.15) is 30.8 Å². The summed E-state index contributed by atoms with van der Waals surface area (Å²) in [6, 6.07) is 3.61. The van der Waals surface area contributed by atoms with Crippen LogP contribution in [0.5, 0.6) is 0 Å². The maximum atomic E-state index is 12.3. The Labute approximate surface area is 130 Å². The Balaban J connectivity index is 1.57. The van der Waals surface area contributed by atoms with Crippen molar-refractivity contribution in [3.8, 4) is 0 Å². The van der Waals surface area contributed by atoms with Crippen molar-refractivity contribution in [2.24, 2.45) is 5.92 Å². The molecule has 122 valence electrons.